The van der Waals surface area contributed by atoms with Gasteiger partial charge in [0.25, 0.3) is 5.91 Å². The molecule has 1 saturated heterocycles. The first-order valence-corrected chi connectivity index (χ1v) is 6.14. The number of aromatic nitrogens is 2. The molecule has 1 aromatic rings. The number of hydrogen-bond donors (Lipinski definition) is 1. The Morgan fingerprint density at radius 3 is 3.17 bits per heavy atom. The number of morpholine rings is 1. The lowest BCUT2D eigenvalue weighted by molar-refractivity contribution is -0.00312. The first kappa shape index (κ1) is 12.8. The van der Waals surface area contributed by atoms with Crippen LogP contribution < -0.4 is 5.32 Å². The first-order valence-electron chi connectivity index (χ1n) is 6.14. The second kappa shape index (κ2) is 5.77. The van der Waals surface area contributed by atoms with E-state index in [1.54, 1.807) is 13.2 Å². The topological polar surface area (TPSA) is 67.3 Å². The van der Waals surface area contributed by atoms with Gasteiger partial charge in [-0.15, -0.1) is 0 Å². The molecule has 2 heterocycles. The molecule has 0 radical (unpaired) electrons. The summed E-state index contributed by atoms with van der Waals surface area (Å²) in [5, 5.41) is 2.88. The van der Waals surface area contributed by atoms with Crippen LogP contribution in [0.4, 0.5) is 5.82 Å². The number of amides is 1. The minimum Gasteiger partial charge on any atom is -0.377 e. The maximum atomic E-state index is 12.4. The first-order chi connectivity index (χ1) is 8.76. The Balaban J connectivity index is 2.18. The Morgan fingerprint density at radius 2 is 2.44 bits per heavy atom. The molecular formula is C12H18N4O2. The predicted molar refractivity (Wildman–Crippen MR) is 67.5 cm³/mol. The number of nitrogens with one attached hydrogen (secondary N) is 1. The molecule has 98 valence electrons. The van der Waals surface area contributed by atoms with E-state index in [4.69, 9.17) is 4.74 Å². The summed E-state index contributed by atoms with van der Waals surface area (Å²) in [6.45, 7) is 3.85. The van der Waals surface area contributed by atoms with Crippen molar-refractivity contribution >= 4 is 11.7 Å². The fourth-order valence-electron chi connectivity index (χ4n) is 2.00. The summed E-state index contributed by atoms with van der Waals surface area (Å²) in [5.41, 5.74) is 0.377. The third-order valence-corrected chi connectivity index (χ3v) is 3.07. The van der Waals surface area contributed by atoms with Crippen molar-refractivity contribution in [3.05, 3.63) is 18.1 Å². The zero-order chi connectivity index (χ0) is 13.0. The number of hydrogen-bond acceptors (Lipinski definition) is 5. The van der Waals surface area contributed by atoms with Crippen LogP contribution in [0.2, 0.25) is 0 Å². The van der Waals surface area contributed by atoms with E-state index in [0.29, 0.717) is 31.3 Å². The van der Waals surface area contributed by atoms with E-state index in [0.717, 1.165) is 6.42 Å². The molecule has 18 heavy (non-hydrogen) atoms. The van der Waals surface area contributed by atoms with Gasteiger partial charge in [0.05, 0.1) is 31.6 Å². The van der Waals surface area contributed by atoms with Gasteiger partial charge in [0, 0.05) is 13.6 Å². The minimum atomic E-state index is -0.0743. The molecule has 1 atom stereocenters. The van der Waals surface area contributed by atoms with Crippen LogP contribution in [0.25, 0.3) is 0 Å². The third kappa shape index (κ3) is 2.59. The second-order valence-electron chi connectivity index (χ2n) is 4.18. The van der Waals surface area contributed by atoms with Crippen molar-refractivity contribution in [2.75, 3.05) is 32.1 Å². The van der Waals surface area contributed by atoms with Gasteiger partial charge < -0.3 is 15.0 Å². The van der Waals surface area contributed by atoms with Crippen LogP contribution in [0.5, 0.6) is 0 Å². The van der Waals surface area contributed by atoms with Crippen LogP contribution in [0.3, 0.4) is 0 Å². The van der Waals surface area contributed by atoms with Gasteiger partial charge in [-0.3, -0.25) is 9.78 Å². The lowest BCUT2D eigenvalue weighted by Crippen LogP contribution is -2.48. The Hall–Kier alpha value is -1.69. The molecule has 0 spiro atoms. The fraction of sp³-hybridized carbons (Fsp3) is 0.583. The van der Waals surface area contributed by atoms with Gasteiger partial charge in [0.1, 0.15) is 11.5 Å². The highest BCUT2D eigenvalue weighted by molar-refractivity contribution is 5.92. The number of anilines is 1. The maximum absolute atomic E-state index is 12.4. The van der Waals surface area contributed by atoms with Crippen molar-refractivity contribution in [1.82, 2.24) is 14.9 Å². The van der Waals surface area contributed by atoms with Gasteiger partial charge in [-0.05, 0) is 6.42 Å². The highest BCUT2D eigenvalue weighted by Gasteiger charge is 2.27. The standard InChI is InChI=1S/C12H18N4O2/c1-3-9-8-18-5-4-16(9)12(17)10-6-14-7-11(13-2)15-10/h6-7,9H,3-5,8H2,1-2H3,(H,13,15). The molecule has 0 aliphatic carbocycles. The number of carbonyl (C=O) groups is 1. The van der Waals surface area contributed by atoms with Gasteiger partial charge in [-0.2, -0.15) is 0 Å². The van der Waals surface area contributed by atoms with Gasteiger partial charge >= 0.3 is 0 Å². The summed E-state index contributed by atoms with van der Waals surface area (Å²) in [6, 6.07) is 0.131. The Labute approximate surface area is 106 Å². The summed E-state index contributed by atoms with van der Waals surface area (Å²) >= 11 is 0. The smallest absolute Gasteiger partial charge is 0.274 e. The van der Waals surface area contributed by atoms with E-state index in [-0.39, 0.29) is 11.9 Å². The molecule has 6 nitrogen and oxygen atoms in total. The summed E-state index contributed by atoms with van der Waals surface area (Å²) in [4.78, 5) is 22.5. The van der Waals surface area contributed by atoms with Crippen LogP contribution in [0.15, 0.2) is 12.4 Å². The molecular weight excluding hydrogens is 232 g/mol. The normalized spacial score (nSPS) is 19.7. The fourth-order valence-corrected chi connectivity index (χ4v) is 2.00. The molecule has 6 heteroatoms. The summed E-state index contributed by atoms with van der Waals surface area (Å²) in [6.07, 6.45) is 3.98. The average molecular weight is 250 g/mol. The third-order valence-electron chi connectivity index (χ3n) is 3.07. The molecule has 0 bridgehead atoms. The van der Waals surface area contributed by atoms with Gasteiger partial charge in [-0.25, -0.2) is 4.98 Å². The highest BCUT2D eigenvalue weighted by atomic mass is 16.5. The van der Waals surface area contributed by atoms with E-state index >= 15 is 0 Å². The predicted octanol–water partition coefficient (Wildman–Crippen LogP) is 0.769. The summed E-state index contributed by atoms with van der Waals surface area (Å²) in [7, 11) is 1.75. The van der Waals surface area contributed by atoms with Crippen LogP contribution >= 0.6 is 0 Å². The van der Waals surface area contributed by atoms with Gasteiger partial charge in [0.15, 0.2) is 0 Å². The molecule has 2 rings (SSSR count). The lowest BCUT2D eigenvalue weighted by Gasteiger charge is -2.34. The molecule has 1 aliphatic rings. The molecule has 1 fully saturated rings. The zero-order valence-electron chi connectivity index (χ0n) is 10.7. The van der Waals surface area contributed by atoms with E-state index < -0.39 is 0 Å². The van der Waals surface area contributed by atoms with Crippen LogP contribution in [0.1, 0.15) is 23.8 Å². The average Bonchev–Trinajstić information content (AvgIpc) is 2.46. The quantitative estimate of drug-likeness (QED) is 0.858. The van der Waals surface area contributed by atoms with E-state index in [9.17, 15) is 4.79 Å². The van der Waals surface area contributed by atoms with Crippen molar-refractivity contribution in [2.24, 2.45) is 0 Å². The van der Waals surface area contributed by atoms with Crippen molar-refractivity contribution in [3.63, 3.8) is 0 Å². The number of rotatable bonds is 3. The van der Waals surface area contributed by atoms with Crippen LogP contribution in [-0.2, 0) is 4.74 Å². The lowest BCUT2D eigenvalue weighted by atomic mass is 10.1. The zero-order valence-corrected chi connectivity index (χ0v) is 10.7. The molecule has 0 aromatic carbocycles. The molecule has 1 unspecified atom stereocenters. The molecule has 1 N–H and O–H groups in total. The van der Waals surface area contributed by atoms with Gasteiger partial charge in [-0.1, -0.05) is 6.92 Å². The Morgan fingerprint density at radius 1 is 1.61 bits per heavy atom. The van der Waals surface area contributed by atoms with Crippen molar-refractivity contribution < 1.29 is 9.53 Å². The highest BCUT2D eigenvalue weighted by Crippen LogP contribution is 2.14. The summed E-state index contributed by atoms with van der Waals surface area (Å²) < 4.78 is 5.39. The summed E-state index contributed by atoms with van der Waals surface area (Å²) in [5.74, 6) is 0.525. The molecule has 1 amide bonds. The Kier molecular flexibility index (Phi) is 4.09. The van der Waals surface area contributed by atoms with Crippen LogP contribution in [0, 0.1) is 0 Å². The van der Waals surface area contributed by atoms with Crippen molar-refractivity contribution in [1.29, 1.82) is 0 Å². The van der Waals surface area contributed by atoms with Crippen molar-refractivity contribution in [3.8, 4) is 0 Å². The molecule has 0 saturated carbocycles. The Bertz CT molecular complexity index is 424. The minimum absolute atomic E-state index is 0.0743. The second-order valence-corrected chi connectivity index (χ2v) is 4.18. The SMILES string of the molecule is CCC1COCCN1C(=O)c1cncc(NC)n1. The van der Waals surface area contributed by atoms with E-state index in [1.165, 1.54) is 6.20 Å². The van der Waals surface area contributed by atoms with Gasteiger partial charge in [0.2, 0.25) is 0 Å². The molecule has 1 aromatic heterocycles. The molecule has 1 aliphatic heterocycles. The number of ether oxygens (including phenoxy) is 1. The van der Waals surface area contributed by atoms with E-state index in [2.05, 4.69) is 22.2 Å². The number of nitrogens with zero attached hydrogens (tertiary/aromatic N) is 3. The largest absolute Gasteiger partial charge is 0.377 e. The maximum Gasteiger partial charge on any atom is 0.274 e. The van der Waals surface area contributed by atoms with Crippen molar-refractivity contribution in [2.45, 2.75) is 19.4 Å². The number of carbonyl (C=O) groups excluding carboxylic acids is 1. The monoisotopic (exact) mass is 250 g/mol. The van der Waals surface area contributed by atoms with E-state index in [1.807, 2.05) is 4.90 Å². The van der Waals surface area contributed by atoms with Crippen LogP contribution in [-0.4, -0.2) is 53.6 Å².